The first-order chi connectivity index (χ1) is 15.1. The molecule has 1 amide bonds. The summed E-state index contributed by atoms with van der Waals surface area (Å²) in [6, 6.07) is 18.9. The summed E-state index contributed by atoms with van der Waals surface area (Å²) in [7, 11) is 0. The van der Waals surface area contributed by atoms with Gasteiger partial charge in [-0.05, 0) is 41.3 Å². The highest BCUT2D eigenvalue weighted by molar-refractivity contribution is 7.14. The highest BCUT2D eigenvalue weighted by Gasteiger charge is 2.22. The number of hydrogen-bond acceptors (Lipinski definition) is 6. The van der Waals surface area contributed by atoms with E-state index in [-0.39, 0.29) is 18.3 Å². The van der Waals surface area contributed by atoms with E-state index >= 15 is 0 Å². The quantitative estimate of drug-likeness (QED) is 0.352. The van der Waals surface area contributed by atoms with Crippen molar-refractivity contribution < 1.29 is 18.7 Å². The Bertz CT molecular complexity index is 1160. The zero-order valence-electron chi connectivity index (χ0n) is 16.2. The van der Waals surface area contributed by atoms with Crippen molar-refractivity contribution in [3.63, 3.8) is 0 Å². The Morgan fingerprint density at radius 2 is 1.74 bits per heavy atom. The van der Waals surface area contributed by atoms with Crippen LogP contribution < -0.4 is 4.90 Å². The maximum atomic E-state index is 13.2. The molecule has 0 aliphatic rings. The maximum Gasteiger partial charge on any atom is 0.348 e. The van der Waals surface area contributed by atoms with Crippen LogP contribution in [-0.2, 0) is 16.1 Å². The summed E-state index contributed by atoms with van der Waals surface area (Å²) in [6.07, 6.45) is 0. The van der Waals surface area contributed by atoms with Gasteiger partial charge in [-0.25, -0.2) is 14.2 Å². The fourth-order valence-electron chi connectivity index (χ4n) is 2.84. The summed E-state index contributed by atoms with van der Waals surface area (Å²) in [5, 5.41) is 4.05. The van der Waals surface area contributed by atoms with Crippen LogP contribution in [0.25, 0.3) is 11.3 Å². The number of esters is 1. The van der Waals surface area contributed by atoms with Crippen LogP contribution in [0.5, 0.6) is 0 Å². The molecule has 0 spiro atoms. The molecular weight excluding hydrogens is 435 g/mol. The number of hydrogen-bond donors (Lipinski definition) is 0. The lowest BCUT2D eigenvalue weighted by Crippen LogP contribution is -2.34. The average Bonchev–Trinajstić information content (AvgIpc) is 3.49. The van der Waals surface area contributed by atoms with E-state index in [9.17, 15) is 14.0 Å². The fourth-order valence-corrected chi connectivity index (χ4v) is 4.31. The summed E-state index contributed by atoms with van der Waals surface area (Å²) in [6.45, 7) is -0.109. The molecular formula is C23H17FN2O3S2. The molecule has 0 saturated heterocycles. The van der Waals surface area contributed by atoms with Gasteiger partial charge >= 0.3 is 5.97 Å². The van der Waals surface area contributed by atoms with Crippen LogP contribution in [0.2, 0.25) is 0 Å². The Balaban J connectivity index is 1.54. The molecule has 2 aromatic heterocycles. The Hall–Kier alpha value is -3.36. The van der Waals surface area contributed by atoms with Crippen molar-refractivity contribution in [2.24, 2.45) is 0 Å². The number of thiazole rings is 1. The van der Waals surface area contributed by atoms with Gasteiger partial charge in [-0.2, -0.15) is 0 Å². The lowest BCUT2D eigenvalue weighted by molar-refractivity contribution is -0.121. The van der Waals surface area contributed by atoms with Crippen LogP contribution in [0.3, 0.4) is 0 Å². The van der Waals surface area contributed by atoms with Crippen molar-refractivity contribution in [3.05, 3.63) is 93.7 Å². The van der Waals surface area contributed by atoms with E-state index in [1.165, 1.54) is 39.7 Å². The zero-order chi connectivity index (χ0) is 21.6. The summed E-state index contributed by atoms with van der Waals surface area (Å²) < 4.78 is 18.4. The average molecular weight is 453 g/mol. The van der Waals surface area contributed by atoms with Gasteiger partial charge in [0.05, 0.1) is 12.2 Å². The summed E-state index contributed by atoms with van der Waals surface area (Å²) in [4.78, 5) is 31.6. The molecule has 4 aromatic rings. The summed E-state index contributed by atoms with van der Waals surface area (Å²) in [5.41, 5.74) is 2.31. The van der Waals surface area contributed by atoms with Gasteiger partial charge in [0.15, 0.2) is 11.7 Å². The van der Waals surface area contributed by atoms with Crippen LogP contribution in [-0.4, -0.2) is 23.5 Å². The molecule has 0 unspecified atom stereocenters. The van der Waals surface area contributed by atoms with Gasteiger partial charge in [-0.3, -0.25) is 9.69 Å². The molecule has 0 aliphatic carbocycles. The molecule has 0 atom stereocenters. The van der Waals surface area contributed by atoms with Crippen molar-refractivity contribution in [1.29, 1.82) is 0 Å². The lowest BCUT2D eigenvalue weighted by Gasteiger charge is -2.20. The topological polar surface area (TPSA) is 59.5 Å². The predicted molar refractivity (Wildman–Crippen MR) is 120 cm³/mol. The molecule has 31 heavy (non-hydrogen) atoms. The minimum atomic E-state index is -0.533. The first-order valence-corrected chi connectivity index (χ1v) is 11.1. The number of benzene rings is 2. The Morgan fingerprint density at radius 3 is 2.45 bits per heavy atom. The standard InChI is InChI=1S/C23H17FN2O3S2/c24-18-10-8-17(9-11-18)19-15-31-23(25-19)26(13-16-5-2-1-3-6-16)21(27)14-29-22(28)20-7-4-12-30-20/h1-12,15H,13-14H2. The van der Waals surface area contributed by atoms with Crippen molar-refractivity contribution >= 4 is 39.7 Å². The first-order valence-electron chi connectivity index (χ1n) is 9.36. The minimum absolute atomic E-state index is 0.284. The smallest absolute Gasteiger partial charge is 0.348 e. The monoisotopic (exact) mass is 452 g/mol. The molecule has 0 aliphatic heterocycles. The zero-order valence-corrected chi connectivity index (χ0v) is 17.9. The largest absolute Gasteiger partial charge is 0.451 e. The minimum Gasteiger partial charge on any atom is -0.451 e. The summed E-state index contributed by atoms with van der Waals surface area (Å²) >= 11 is 2.55. The first kappa shape index (κ1) is 20.9. The van der Waals surface area contributed by atoms with Crippen molar-refractivity contribution in [1.82, 2.24) is 4.98 Å². The van der Waals surface area contributed by atoms with Gasteiger partial charge in [-0.1, -0.05) is 36.4 Å². The highest BCUT2D eigenvalue weighted by Crippen LogP contribution is 2.29. The van der Waals surface area contributed by atoms with Crippen LogP contribution in [0.15, 0.2) is 77.5 Å². The molecule has 0 radical (unpaired) electrons. The third-order valence-electron chi connectivity index (χ3n) is 4.40. The molecule has 5 nitrogen and oxygen atoms in total. The van der Waals surface area contributed by atoms with Gasteiger partial charge in [0.25, 0.3) is 5.91 Å². The van der Waals surface area contributed by atoms with Gasteiger partial charge in [0.2, 0.25) is 0 Å². The van der Waals surface area contributed by atoms with Gasteiger partial charge in [-0.15, -0.1) is 22.7 Å². The normalized spacial score (nSPS) is 10.6. The van der Waals surface area contributed by atoms with Crippen LogP contribution >= 0.6 is 22.7 Å². The molecule has 156 valence electrons. The molecule has 2 aromatic carbocycles. The number of anilines is 1. The summed E-state index contributed by atoms with van der Waals surface area (Å²) in [5.74, 6) is -1.24. The maximum absolute atomic E-state index is 13.2. The van der Waals surface area contributed by atoms with Crippen molar-refractivity contribution in [2.75, 3.05) is 11.5 Å². The van der Waals surface area contributed by atoms with E-state index in [0.29, 0.717) is 15.7 Å². The molecule has 0 saturated carbocycles. The lowest BCUT2D eigenvalue weighted by atomic mass is 10.2. The van der Waals surface area contributed by atoms with E-state index < -0.39 is 12.6 Å². The molecule has 0 fully saturated rings. The van der Waals surface area contributed by atoms with E-state index in [0.717, 1.165) is 11.1 Å². The third-order valence-corrected chi connectivity index (χ3v) is 6.11. The van der Waals surface area contributed by atoms with Gasteiger partial charge in [0.1, 0.15) is 10.7 Å². The van der Waals surface area contributed by atoms with E-state index in [2.05, 4.69) is 4.98 Å². The number of rotatable bonds is 7. The van der Waals surface area contributed by atoms with Gasteiger partial charge in [0, 0.05) is 10.9 Å². The van der Waals surface area contributed by atoms with E-state index in [4.69, 9.17) is 4.74 Å². The van der Waals surface area contributed by atoms with E-state index in [1.54, 1.807) is 29.6 Å². The van der Waals surface area contributed by atoms with Crippen LogP contribution in [0.4, 0.5) is 9.52 Å². The number of carbonyl (C=O) groups is 2. The van der Waals surface area contributed by atoms with E-state index in [1.807, 2.05) is 35.7 Å². The second-order valence-electron chi connectivity index (χ2n) is 6.54. The number of amides is 1. The second kappa shape index (κ2) is 9.63. The number of ether oxygens (including phenoxy) is 1. The highest BCUT2D eigenvalue weighted by atomic mass is 32.1. The van der Waals surface area contributed by atoms with Crippen molar-refractivity contribution in [2.45, 2.75) is 6.54 Å². The van der Waals surface area contributed by atoms with Gasteiger partial charge < -0.3 is 4.74 Å². The second-order valence-corrected chi connectivity index (χ2v) is 8.33. The SMILES string of the molecule is O=C(OCC(=O)N(Cc1ccccc1)c1nc(-c2ccc(F)cc2)cs1)c1cccs1. The molecule has 0 bridgehead atoms. The Kier molecular flexibility index (Phi) is 6.49. The third kappa shape index (κ3) is 5.22. The van der Waals surface area contributed by atoms with Crippen molar-refractivity contribution in [3.8, 4) is 11.3 Å². The van der Waals surface area contributed by atoms with Crippen LogP contribution in [0.1, 0.15) is 15.2 Å². The van der Waals surface area contributed by atoms with Crippen LogP contribution in [0, 0.1) is 5.82 Å². The predicted octanol–water partition coefficient (Wildman–Crippen LogP) is 5.40. The Labute approximate surface area is 186 Å². The molecule has 0 N–H and O–H groups in total. The molecule has 2 heterocycles. The number of aromatic nitrogens is 1. The molecule has 4 rings (SSSR count). The molecule has 8 heteroatoms. The number of nitrogens with zero attached hydrogens (tertiary/aromatic N) is 2. The number of carbonyl (C=O) groups excluding carboxylic acids is 2. The Morgan fingerprint density at radius 1 is 0.968 bits per heavy atom. The number of thiophene rings is 1. The number of halogens is 1. The fraction of sp³-hybridized carbons (Fsp3) is 0.0870.